The average molecular weight is 307 g/mol. The van der Waals surface area contributed by atoms with Gasteiger partial charge in [-0.1, -0.05) is 0 Å². The van der Waals surface area contributed by atoms with Crippen LogP contribution in [0.4, 0.5) is 5.69 Å². The number of carbonyl (C=O) groups is 1. The summed E-state index contributed by atoms with van der Waals surface area (Å²) in [6.07, 6.45) is 6.54. The summed E-state index contributed by atoms with van der Waals surface area (Å²) in [5.74, 6) is -0.264. The van der Waals surface area contributed by atoms with Crippen LogP contribution in [0.3, 0.4) is 0 Å². The van der Waals surface area contributed by atoms with E-state index in [9.17, 15) is 4.79 Å². The van der Waals surface area contributed by atoms with Crippen molar-refractivity contribution in [2.75, 3.05) is 38.3 Å². The zero-order valence-electron chi connectivity index (χ0n) is 13.1. The van der Waals surface area contributed by atoms with Crippen LogP contribution in [0.5, 0.6) is 0 Å². The summed E-state index contributed by atoms with van der Waals surface area (Å²) >= 11 is 0. The van der Waals surface area contributed by atoms with Gasteiger partial charge in [0.1, 0.15) is 5.69 Å². The molecule has 122 valence electrons. The van der Waals surface area contributed by atoms with Crippen molar-refractivity contribution < 1.29 is 14.6 Å². The fraction of sp³-hybridized carbons (Fsp3) is 0.625. The van der Waals surface area contributed by atoms with Crippen LogP contribution >= 0.6 is 0 Å². The Morgan fingerprint density at radius 2 is 2.41 bits per heavy atom. The molecule has 1 amide bonds. The maximum absolute atomic E-state index is 11.9. The Hall–Kier alpha value is -1.66. The van der Waals surface area contributed by atoms with Gasteiger partial charge in [0.25, 0.3) is 5.91 Å². The van der Waals surface area contributed by atoms with Gasteiger partial charge in [-0.3, -0.25) is 9.78 Å². The number of carbonyl (C=O) groups excluding carboxylic acids is 1. The second kappa shape index (κ2) is 8.70. The molecule has 0 radical (unpaired) electrons. The highest BCUT2D eigenvalue weighted by Crippen LogP contribution is 2.18. The van der Waals surface area contributed by atoms with Crippen molar-refractivity contribution in [3.05, 3.63) is 24.0 Å². The van der Waals surface area contributed by atoms with Gasteiger partial charge in [-0.2, -0.15) is 0 Å². The number of rotatable bonds is 7. The molecule has 0 saturated carbocycles. The summed E-state index contributed by atoms with van der Waals surface area (Å²) in [6, 6.07) is 3.67. The maximum atomic E-state index is 11.9. The number of ether oxygens (including phenoxy) is 1. The molecule has 1 fully saturated rings. The second-order valence-corrected chi connectivity index (χ2v) is 5.58. The van der Waals surface area contributed by atoms with Crippen LogP contribution in [0.25, 0.3) is 0 Å². The van der Waals surface area contributed by atoms with E-state index < -0.39 is 0 Å². The van der Waals surface area contributed by atoms with E-state index in [1.54, 1.807) is 12.3 Å². The van der Waals surface area contributed by atoms with Crippen LogP contribution in [0.1, 0.15) is 36.2 Å². The van der Waals surface area contributed by atoms with Crippen LogP contribution in [-0.4, -0.2) is 55.5 Å². The van der Waals surface area contributed by atoms with E-state index in [-0.39, 0.29) is 19.1 Å². The molecule has 6 nitrogen and oxygen atoms in total. The molecule has 1 aliphatic rings. The van der Waals surface area contributed by atoms with Gasteiger partial charge in [-0.25, -0.2) is 0 Å². The number of hydrogen-bond donors (Lipinski definition) is 2. The summed E-state index contributed by atoms with van der Waals surface area (Å²) in [6.45, 7) is 1.91. The monoisotopic (exact) mass is 307 g/mol. The molecule has 2 heterocycles. The van der Waals surface area contributed by atoms with E-state index in [0.29, 0.717) is 11.8 Å². The van der Waals surface area contributed by atoms with Crippen LogP contribution in [0.2, 0.25) is 0 Å². The molecule has 1 unspecified atom stereocenters. The molecule has 6 heteroatoms. The van der Waals surface area contributed by atoms with E-state index >= 15 is 0 Å². The van der Waals surface area contributed by atoms with E-state index in [1.165, 1.54) is 12.8 Å². The molecular weight excluding hydrogens is 282 g/mol. The molecule has 2 N–H and O–H groups in total. The Labute approximate surface area is 131 Å². The molecule has 1 aromatic rings. The lowest BCUT2D eigenvalue weighted by Crippen LogP contribution is -2.28. The lowest BCUT2D eigenvalue weighted by atomic mass is 10.1. The summed E-state index contributed by atoms with van der Waals surface area (Å²) in [7, 11) is 2.01. The minimum Gasteiger partial charge on any atom is -0.395 e. The van der Waals surface area contributed by atoms with Crippen molar-refractivity contribution in [2.45, 2.75) is 31.8 Å². The van der Waals surface area contributed by atoms with Crippen LogP contribution in [0, 0.1) is 0 Å². The first-order valence-electron chi connectivity index (χ1n) is 7.88. The zero-order chi connectivity index (χ0) is 15.8. The fourth-order valence-corrected chi connectivity index (χ4v) is 2.54. The molecule has 0 aliphatic carbocycles. The van der Waals surface area contributed by atoms with Crippen molar-refractivity contribution in [1.82, 2.24) is 10.3 Å². The Bertz CT molecular complexity index is 475. The highest BCUT2D eigenvalue weighted by Gasteiger charge is 2.15. The van der Waals surface area contributed by atoms with Gasteiger partial charge in [-0.05, 0) is 37.8 Å². The number of pyridine rings is 1. The first-order chi connectivity index (χ1) is 10.7. The first kappa shape index (κ1) is 16.7. The van der Waals surface area contributed by atoms with Crippen molar-refractivity contribution in [2.24, 2.45) is 0 Å². The average Bonchev–Trinajstić information content (AvgIpc) is 2.58. The third-order valence-electron chi connectivity index (χ3n) is 3.87. The minimum absolute atomic E-state index is 0.0767. The zero-order valence-corrected chi connectivity index (χ0v) is 13.1. The van der Waals surface area contributed by atoms with Gasteiger partial charge >= 0.3 is 0 Å². The number of aliphatic hydroxyl groups excluding tert-OH is 1. The first-order valence-corrected chi connectivity index (χ1v) is 7.88. The lowest BCUT2D eigenvalue weighted by Gasteiger charge is -2.26. The number of hydrogen-bond acceptors (Lipinski definition) is 5. The van der Waals surface area contributed by atoms with E-state index in [2.05, 4.69) is 15.2 Å². The highest BCUT2D eigenvalue weighted by molar-refractivity contribution is 5.93. The van der Waals surface area contributed by atoms with Crippen molar-refractivity contribution in [3.8, 4) is 0 Å². The van der Waals surface area contributed by atoms with Gasteiger partial charge in [0.2, 0.25) is 0 Å². The fourth-order valence-electron chi connectivity index (χ4n) is 2.54. The topological polar surface area (TPSA) is 74.7 Å². The third-order valence-corrected chi connectivity index (χ3v) is 3.87. The molecule has 1 saturated heterocycles. The second-order valence-electron chi connectivity index (χ2n) is 5.58. The summed E-state index contributed by atoms with van der Waals surface area (Å²) in [5, 5.41) is 11.4. The van der Waals surface area contributed by atoms with Crippen molar-refractivity contribution >= 4 is 11.6 Å². The third kappa shape index (κ3) is 4.96. The van der Waals surface area contributed by atoms with Crippen LogP contribution in [0.15, 0.2) is 18.3 Å². The van der Waals surface area contributed by atoms with Crippen LogP contribution < -0.4 is 10.2 Å². The normalized spacial score (nSPS) is 18.0. The maximum Gasteiger partial charge on any atom is 0.270 e. The Morgan fingerprint density at radius 3 is 3.14 bits per heavy atom. The quantitative estimate of drug-likeness (QED) is 0.792. The van der Waals surface area contributed by atoms with Gasteiger partial charge in [-0.15, -0.1) is 0 Å². The van der Waals surface area contributed by atoms with E-state index in [0.717, 1.165) is 31.7 Å². The summed E-state index contributed by atoms with van der Waals surface area (Å²) in [4.78, 5) is 18.1. The molecular formula is C16H25N3O3. The smallest absolute Gasteiger partial charge is 0.270 e. The number of amides is 1. The number of nitrogens with zero attached hydrogens (tertiary/aromatic N) is 2. The van der Waals surface area contributed by atoms with Gasteiger partial charge in [0, 0.05) is 38.6 Å². The molecule has 0 aromatic carbocycles. The van der Waals surface area contributed by atoms with Gasteiger partial charge in [0.05, 0.1) is 12.7 Å². The van der Waals surface area contributed by atoms with E-state index in [4.69, 9.17) is 9.84 Å². The summed E-state index contributed by atoms with van der Waals surface area (Å²) in [5.41, 5.74) is 1.33. The predicted molar refractivity (Wildman–Crippen MR) is 85.1 cm³/mol. The Balaban J connectivity index is 1.88. The molecule has 0 bridgehead atoms. The SMILES string of the molecule is CN(CCC1CCCCO1)c1ccnc(C(=O)NCCO)c1. The molecule has 1 aliphatic heterocycles. The van der Waals surface area contributed by atoms with E-state index in [1.807, 2.05) is 13.1 Å². The Morgan fingerprint density at radius 1 is 1.55 bits per heavy atom. The van der Waals surface area contributed by atoms with Gasteiger partial charge < -0.3 is 20.1 Å². The van der Waals surface area contributed by atoms with Gasteiger partial charge in [0.15, 0.2) is 0 Å². The molecule has 1 aromatic heterocycles. The highest BCUT2D eigenvalue weighted by atomic mass is 16.5. The number of aliphatic hydroxyl groups is 1. The van der Waals surface area contributed by atoms with Crippen molar-refractivity contribution in [1.29, 1.82) is 0 Å². The van der Waals surface area contributed by atoms with Crippen LogP contribution in [-0.2, 0) is 4.74 Å². The number of anilines is 1. The minimum atomic E-state index is -0.264. The largest absolute Gasteiger partial charge is 0.395 e. The Kier molecular flexibility index (Phi) is 6.61. The van der Waals surface area contributed by atoms with Crippen molar-refractivity contribution in [3.63, 3.8) is 0 Å². The molecule has 0 spiro atoms. The lowest BCUT2D eigenvalue weighted by molar-refractivity contribution is 0.0127. The summed E-state index contributed by atoms with van der Waals surface area (Å²) < 4.78 is 5.74. The molecule has 22 heavy (non-hydrogen) atoms. The predicted octanol–water partition coefficient (Wildman–Crippen LogP) is 1.20. The molecule has 2 rings (SSSR count). The number of aromatic nitrogens is 1. The number of nitrogens with one attached hydrogen (secondary N) is 1. The molecule has 1 atom stereocenters. The standard InChI is InChI=1S/C16H25N3O3/c1-19(9-6-14-4-2-3-11-22-14)13-5-7-17-15(12-13)16(21)18-8-10-20/h5,7,12,14,20H,2-4,6,8-11H2,1H3,(H,18,21).